The van der Waals surface area contributed by atoms with Gasteiger partial charge < -0.3 is 31.9 Å². The van der Waals surface area contributed by atoms with Crippen molar-refractivity contribution in [1.82, 2.24) is 16.0 Å². The number of carboxylic acids is 2. The van der Waals surface area contributed by atoms with Gasteiger partial charge in [0.2, 0.25) is 17.7 Å². The lowest BCUT2D eigenvalue weighted by Gasteiger charge is -2.28. The Kier molecular flexibility index (Phi) is 13.3. The summed E-state index contributed by atoms with van der Waals surface area (Å²) in [4.78, 5) is 60.4. The highest BCUT2D eigenvalue weighted by Crippen LogP contribution is 2.12. The minimum atomic E-state index is -1.16. The highest BCUT2D eigenvalue weighted by atomic mass is 16.4. The van der Waals surface area contributed by atoms with Gasteiger partial charge >= 0.3 is 11.9 Å². The fraction of sp³-hybridized carbons (Fsp3) is 0.773. The lowest BCUT2D eigenvalue weighted by molar-refractivity contribution is -0.144. The summed E-state index contributed by atoms with van der Waals surface area (Å²) in [6.45, 7) is 10.7. The fourth-order valence-corrected chi connectivity index (χ4v) is 3.11. The topological polar surface area (TPSA) is 188 Å². The van der Waals surface area contributed by atoms with Gasteiger partial charge in [-0.15, -0.1) is 0 Å². The third kappa shape index (κ3) is 11.1. The van der Waals surface area contributed by atoms with Crippen LogP contribution in [0.5, 0.6) is 0 Å². The molecule has 5 unspecified atom stereocenters. The Labute approximate surface area is 195 Å². The van der Waals surface area contributed by atoms with Crippen LogP contribution >= 0.6 is 0 Å². The third-order valence-corrected chi connectivity index (χ3v) is 5.37. The molecule has 0 spiro atoms. The van der Waals surface area contributed by atoms with Gasteiger partial charge in [0.1, 0.15) is 18.1 Å². The second-order valence-corrected chi connectivity index (χ2v) is 9.17. The number of carboxylic acid groups (broad SMARTS) is 2. The average Bonchev–Trinajstić information content (AvgIpc) is 2.71. The normalized spacial score (nSPS) is 15.8. The fourth-order valence-electron chi connectivity index (χ4n) is 3.11. The molecule has 5 atom stereocenters. The molecular formula is C22H40N4O7. The van der Waals surface area contributed by atoms with Gasteiger partial charge in [-0.3, -0.25) is 19.2 Å². The molecule has 0 aromatic carbocycles. The van der Waals surface area contributed by atoms with Crippen molar-refractivity contribution in [2.24, 2.45) is 23.5 Å². The van der Waals surface area contributed by atoms with Gasteiger partial charge in [-0.25, -0.2) is 4.79 Å². The quantitative estimate of drug-likeness (QED) is 0.198. The number of carbonyl (C=O) groups excluding carboxylic acids is 3. The first-order valence-corrected chi connectivity index (χ1v) is 11.3. The standard InChI is InChI=1S/C22H40N4O7/c1-7-13(6)18(22(32)33)26-20(30)15(10-11(2)3)24-21(31)17(12(4)5)25-19(29)14(23)8-9-16(27)28/h11-15,17-18H,7-10,23H2,1-6H3,(H,24,31)(H,25,29)(H,26,30)(H,27,28)(H,32,33). The lowest BCUT2D eigenvalue weighted by Crippen LogP contribution is -2.59. The average molecular weight is 473 g/mol. The molecule has 7 N–H and O–H groups in total. The third-order valence-electron chi connectivity index (χ3n) is 5.37. The molecule has 0 heterocycles. The van der Waals surface area contributed by atoms with Crippen molar-refractivity contribution >= 4 is 29.7 Å². The summed E-state index contributed by atoms with van der Waals surface area (Å²) >= 11 is 0. The zero-order valence-electron chi connectivity index (χ0n) is 20.4. The molecule has 0 aromatic rings. The van der Waals surface area contributed by atoms with Gasteiger partial charge in [-0.05, 0) is 30.6 Å². The number of nitrogens with two attached hydrogens (primary N) is 1. The predicted molar refractivity (Wildman–Crippen MR) is 122 cm³/mol. The molecule has 11 nitrogen and oxygen atoms in total. The Balaban J connectivity index is 5.44. The number of carbonyl (C=O) groups is 5. The smallest absolute Gasteiger partial charge is 0.326 e. The van der Waals surface area contributed by atoms with Crippen LogP contribution in [0.25, 0.3) is 0 Å². The van der Waals surface area contributed by atoms with E-state index in [-0.39, 0.29) is 37.0 Å². The van der Waals surface area contributed by atoms with Crippen LogP contribution in [-0.4, -0.2) is 64.0 Å². The zero-order chi connectivity index (χ0) is 25.9. The van der Waals surface area contributed by atoms with Crippen molar-refractivity contribution in [2.45, 2.75) is 91.4 Å². The first-order valence-electron chi connectivity index (χ1n) is 11.3. The van der Waals surface area contributed by atoms with E-state index in [4.69, 9.17) is 10.8 Å². The Bertz CT molecular complexity index is 696. The molecule has 11 heteroatoms. The maximum atomic E-state index is 13.0. The summed E-state index contributed by atoms with van der Waals surface area (Å²) in [6, 6.07) is -4.21. The summed E-state index contributed by atoms with van der Waals surface area (Å²) in [7, 11) is 0. The molecule has 3 amide bonds. The van der Waals surface area contributed by atoms with E-state index in [0.29, 0.717) is 6.42 Å². The van der Waals surface area contributed by atoms with Gasteiger partial charge in [-0.1, -0.05) is 48.0 Å². The second-order valence-electron chi connectivity index (χ2n) is 9.17. The van der Waals surface area contributed by atoms with Gasteiger partial charge in [0.25, 0.3) is 0 Å². The number of hydrogen-bond donors (Lipinski definition) is 6. The van der Waals surface area contributed by atoms with Crippen LogP contribution in [0.3, 0.4) is 0 Å². The Morgan fingerprint density at radius 3 is 1.79 bits per heavy atom. The number of nitrogens with one attached hydrogen (secondary N) is 3. The van der Waals surface area contributed by atoms with Crippen molar-refractivity contribution in [3.05, 3.63) is 0 Å². The van der Waals surface area contributed by atoms with Crippen LogP contribution < -0.4 is 21.7 Å². The number of aliphatic carboxylic acids is 2. The Morgan fingerprint density at radius 1 is 0.818 bits per heavy atom. The van der Waals surface area contributed by atoms with Crippen LogP contribution in [0, 0.1) is 17.8 Å². The molecule has 0 saturated heterocycles. The molecule has 0 bridgehead atoms. The van der Waals surface area contributed by atoms with E-state index >= 15 is 0 Å². The summed E-state index contributed by atoms with van der Waals surface area (Å²) in [6.07, 6.45) is 0.437. The van der Waals surface area contributed by atoms with E-state index in [1.807, 2.05) is 20.8 Å². The minimum Gasteiger partial charge on any atom is -0.481 e. The summed E-state index contributed by atoms with van der Waals surface area (Å²) < 4.78 is 0. The molecule has 0 saturated carbocycles. The largest absolute Gasteiger partial charge is 0.481 e. The van der Waals surface area contributed by atoms with E-state index in [0.717, 1.165) is 0 Å². The van der Waals surface area contributed by atoms with Crippen molar-refractivity contribution in [3.63, 3.8) is 0 Å². The van der Waals surface area contributed by atoms with Crippen molar-refractivity contribution < 1.29 is 34.2 Å². The van der Waals surface area contributed by atoms with Gasteiger partial charge in [0.15, 0.2) is 0 Å². The van der Waals surface area contributed by atoms with Crippen LogP contribution in [0.4, 0.5) is 0 Å². The molecule has 33 heavy (non-hydrogen) atoms. The number of hydrogen-bond acceptors (Lipinski definition) is 6. The van der Waals surface area contributed by atoms with Gasteiger partial charge in [0.05, 0.1) is 6.04 Å². The first-order chi connectivity index (χ1) is 15.2. The number of rotatable bonds is 15. The Hall–Kier alpha value is -2.69. The maximum absolute atomic E-state index is 13.0. The monoisotopic (exact) mass is 472 g/mol. The molecule has 0 radical (unpaired) electrons. The summed E-state index contributed by atoms with van der Waals surface area (Å²) in [5.74, 6) is -4.78. The highest BCUT2D eigenvalue weighted by Gasteiger charge is 2.33. The molecule has 0 rings (SSSR count). The van der Waals surface area contributed by atoms with E-state index in [1.54, 1.807) is 20.8 Å². The van der Waals surface area contributed by atoms with Crippen molar-refractivity contribution in [2.75, 3.05) is 0 Å². The maximum Gasteiger partial charge on any atom is 0.326 e. The molecule has 0 aliphatic carbocycles. The molecule has 0 fully saturated rings. The van der Waals surface area contributed by atoms with Crippen LogP contribution in [-0.2, 0) is 24.0 Å². The van der Waals surface area contributed by atoms with Crippen LogP contribution in [0.1, 0.15) is 67.2 Å². The second kappa shape index (κ2) is 14.5. The predicted octanol–water partition coefficient (Wildman–Crippen LogP) is 0.466. The molecular weight excluding hydrogens is 432 g/mol. The van der Waals surface area contributed by atoms with E-state index in [2.05, 4.69) is 16.0 Å². The highest BCUT2D eigenvalue weighted by molar-refractivity contribution is 5.94. The lowest BCUT2D eigenvalue weighted by atomic mass is 9.97. The van der Waals surface area contributed by atoms with Crippen molar-refractivity contribution in [1.29, 1.82) is 0 Å². The van der Waals surface area contributed by atoms with E-state index < -0.39 is 53.8 Å². The molecule has 0 aliphatic heterocycles. The molecule has 190 valence electrons. The molecule has 0 aliphatic rings. The van der Waals surface area contributed by atoms with E-state index in [1.165, 1.54) is 0 Å². The van der Waals surface area contributed by atoms with Gasteiger partial charge in [-0.2, -0.15) is 0 Å². The van der Waals surface area contributed by atoms with E-state index in [9.17, 15) is 29.1 Å². The van der Waals surface area contributed by atoms with Crippen LogP contribution in [0.15, 0.2) is 0 Å². The Morgan fingerprint density at radius 2 is 1.36 bits per heavy atom. The minimum absolute atomic E-state index is 0.0180. The van der Waals surface area contributed by atoms with Gasteiger partial charge in [0, 0.05) is 6.42 Å². The first kappa shape index (κ1) is 30.3. The SMILES string of the molecule is CCC(C)C(NC(=O)C(CC(C)C)NC(=O)C(NC(=O)C(N)CCC(=O)O)C(C)C)C(=O)O. The van der Waals surface area contributed by atoms with Crippen molar-refractivity contribution in [3.8, 4) is 0 Å². The summed E-state index contributed by atoms with van der Waals surface area (Å²) in [5, 5.41) is 25.9. The summed E-state index contributed by atoms with van der Waals surface area (Å²) in [5.41, 5.74) is 5.73. The molecule has 0 aromatic heterocycles. The number of amides is 3. The zero-order valence-corrected chi connectivity index (χ0v) is 20.4. The van der Waals surface area contributed by atoms with Crippen LogP contribution in [0.2, 0.25) is 0 Å².